The summed E-state index contributed by atoms with van der Waals surface area (Å²) >= 11 is 1.59. The normalized spacial score (nSPS) is 2.00. The van der Waals surface area contributed by atoms with Crippen molar-refractivity contribution in [1.29, 1.82) is 5.26 Å². The maximum Gasteiger partial charge on any atom is 0.134 e. The standard InChI is InChI=1S/CIN.Na/c2-1-3;. The first-order valence-corrected chi connectivity index (χ1v) is 1.49. The van der Waals surface area contributed by atoms with E-state index in [0.29, 0.717) is 0 Å². The van der Waals surface area contributed by atoms with Crippen LogP contribution in [0.25, 0.3) is 0 Å². The molecule has 0 unspecified atom stereocenters. The molecule has 0 aliphatic rings. The Morgan fingerprint density at radius 1 is 1.75 bits per heavy atom. The van der Waals surface area contributed by atoms with Gasteiger partial charge in [0.1, 0.15) is 4.08 Å². The van der Waals surface area contributed by atoms with E-state index in [0.717, 1.165) is 0 Å². The van der Waals surface area contributed by atoms with E-state index < -0.39 is 0 Å². The number of hydrogen-bond acceptors (Lipinski definition) is 1. The molecular formula is CINNa. The van der Waals surface area contributed by atoms with Gasteiger partial charge in [-0.15, -0.1) is 0 Å². The van der Waals surface area contributed by atoms with Crippen LogP contribution in [0.2, 0.25) is 0 Å². The van der Waals surface area contributed by atoms with Crippen molar-refractivity contribution >= 4 is 52.1 Å². The Bertz CT molecular complexity index is 29.5. The Morgan fingerprint density at radius 3 is 1.75 bits per heavy atom. The average molecular weight is 176 g/mol. The van der Waals surface area contributed by atoms with E-state index in [-0.39, 0.29) is 29.6 Å². The van der Waals surface area contributed by atoms with Gasteiger partial charge in [0, 0.05) is 29.6 Å². The fourth-order valence-corrected chi connectivity index (χ4v) is 0. The molecule has 0 fully saturated rings. The van der Waals surface area contributed by atoms with Crippen LogP contribution >= 0.6 is 22.6 Å². The number of nitriles is 1. The van der Waals surface area contributed by atoms with Gasteiger partial charge in [-0.1, -0.05) is 0 Å². The first kappa shape index (κ1) is 8.97. The summed E-state index contributed by atoms with van der Waals surface area (Å²) in [6.07, 6.45) is 0. The Morgan fingerprint density at radius 2 is 1.75 bits per heavy atom. The third-order valence-electron chi connectivity index (χ3n) is 0. The minimum Gasteiger partial charge on any atom is -0.186 e. The van der Waals surface area contributed by atoms with Gasteiger partial charge in [0.05, 0.1) is 22.6 Å². The summed E-state index contributed by atoms with van der Waals surface area (Å²) in [5.74, 6) is 0. The van der Waals surface area contributed by atoms with Gasteiger partial charge in [0.25, 0.3) is 0 Å². The summed E-state index contributed by atoms with van der Waals surface area (Å²) in [5.41, 5.74) is 0. The van der Waals surface area contributed by atoms with Gasteiger partial charge in [-0.3, -0.25) is 0 Å². The molecule has 3 heteroatoms. The Hall–Kier alpha value is 1.22. The summed E-state index contributed by atoms with van der Waals surface area (Å²) in [6, 6.07) is 0. The molecule has 0 atom stereocenters. The van der Waals surface area contributed by atoms with Crippen LogP contribution in [0.3, 0.4) is 0 Å². The van der Waals surface area contributed by atoms with Crippen LogP contribution in [0.4, 0.5) is 0 Å². The van der Waals surface area contributed by atoms with E-state index >= 15 is 0 Å². The van der Waals surface area contributed by atoms with Crippen molar-refractivity contribution in [2.75, 3.05) is 0 Å². The monoisotopic (exact) mass is 176 g/mol. The van der Waals surface area contributed by atoms with Crippen molar-refractivity contribution in [3.05, 3.63) is 0 Å². The quantitative estimate of drug-likeness (QED) is 0.389. The summed E-state index contributed by atoms with van der Waals surface area (Å²) in [4.78, 5) is 0. The molecule has 0 aliphatic heterocycles. The first-order valence-electron chi connectivity index (χ1n) is 0.413. The molecule has 1 radical (unpaired) electrons. The second-order valence-electron chi connectivity index (χ2n) is 0.0845. The largest absolute Gasteiger partial charge is 0.186 e. The molecule has 0 spiro atoms. The zero-order valence-corrected chi connectivity index (χ0v) is 6.48. The van der Waals surface area contributed by atoms with Gasteiger partial charge in [-0.2, -0.15) is 5.26 Å². The van der Waals surface area contributed by atoms with Crippen molar-refractivity contribution in [1.82, 2.24) is 0 Å². The molecule has 0 aromatic carbocycles. The summed E-state index contributed by atoms with van der Waals surface area (Å²) in [7, 11) is 0. The maximum absolute atomic E-state index is 7.31. The van der Waals surface area contributed by atoms with Gasteiger partial charge in [0.2, 0.25) is 0 Å². The molecule has 17 valence electrons. The van der Waals surface area contributed by atoms with Crippen LogP contribution in [0.1, 0.15) is 0 Å². The van der Waals surface area contributed by atoms with Gasteiger partial charge >= 0.3 is 0 Å². The predicted molar refractivity (Wildman–Crippen MR) is 25.4 cm³/mol. The molecule has 0 saturated heterocycles. The molecule has 0 aromatic heterocycles. The SMILES string of the molecule is N#CI.[Na]. The molecule has 0 aliphatic carbocycles. The summed E-state index contributed by atoms with van der Waals surface area (Å²) in [6.45, 7) is 0. The van der Waals surface area contributed by atoms with Gasteiger partial charge in [-0.05, 0) is 0 Å². The van der Waals surface area contributed by atoms with Crippen molar-refractivity contribution in [3.63, 3.8) is 0 Å². The number of hydrogen-bond donors (Lipinski definition) is 0. The Balaban J connectivity index is 0. The molecule has 1 nitrogen and oxygen atoms in total. The van der Waals surface area contributed by atoms with Crippen LogP contribution in [0.15, 0.2) is 0 Å². The van der Waals surface area contributed by atoms with Crippen LogP contribution in [-0.2, 0) is 0 Å². The zero-order valence-electron chi connectivity index (χ0n) is 2.33. The van der Waals surface area contributed by atoms with Gasteiger partial charge in [-0.25, -0.2) is 0 Å². The number of rotatable bonds is 0. The molecule has 0 bridgehead atoms. The third kappa shape index (κ3) is 10.7. The van der Waals surface area contributed by atoms with Crippen molar-refractivity contribution < 1.29 is 0 Å². The Labute approximate surface area is 60.8 Å². The van der Waals surface area contributed by atoms with Crippen molar-refractivity contribution in [3.8, 4) is 4.08 Å². The first-order chi connectivity index (χ1) is 1.41. The maximum atomic E-state index is 7.31. The third-order valence-corrected chi connectivity index (χ3v) is 0. The molecule has 0 heterocycles. The Kier molecular flexibility index (Phi) is 19.9. The zero-order chi connectivity index (χ0) is 2.71. The minimum absolute atomic E-state index is 0. The fourth-order valence-electron chi connectivity index (χ4n) is 0. The molecule has 0 saturated carbocycles. The van der Waals surface area contributed by atoms with Crippen molar-refractivity contribution in [2.24, 2.45) is 0 Å². The molecule has 4 heavy (non-hydrogen) atoms. The van der Waals surface area contributed by atoms with Crippen LogP contribution < -0.4 is 0 Å². The fraction of sp³-hybridized carbons (Fsp3) is 0. The van der Waals surface area contributed by atoms with Gasteiger partial charge < -0.3 is 0 Å². The second-order valence-corrected chi connectivity index (χ2v) is 0.567. The molecular weight excluding hydrogens is 176 g/mol. The summed E-state index contributed by atoms with van der Waals surface area (Å²) in [5, 5.41) is 7.31. The van der Waals surface area contributed by atoms with Crippen LogP contribution in [0, 0.1) is 9.34 Å². The molecule has 0 rings (SSSR count). The van der Waals surface area contributed by atoms with Crippen molar-refractivity contribution in [2.45, 2.75) is 0 Å². The van der Waals surface area contributed by atoms with E-state index in [1.54, 1.807) is 26.7 Å². The van der Waals surface area contributed by atoms with E-state index in [4.69, 9.17) is 5.26 Å². The smallest absolute Gasteiger partial charge is 0.134 e. The number of halogens is 1. The molecule has 0 aromatic rings. The molecule has 0 amide bonds. The van der Waals surface area contributed by atoms with E-state index in [9.17, 15) is 0 Å². The van der Waals surface area contributed by atoms with Crippen LogP contribution in [0.5, 0.6) is 0 Å². The van der Waals surface area contributed by atoms with E-state index in [1.807, 2.05) is 0 Å². The topological polar surface area (TPSA) is 23.8 Å². The van der Waals surface area contributed by atoms with E-state index in [1.165, 1.54) is 0 Å². The summed E-state index contributed by atoms with van der Waals surface area (Å²) < 4.78 is 1.72. The van der Waals surface area contributed by atoms with Gasteiger partial charge in [0.15, 0.2) is 0 Å². The van der Waals surface area contributed by atoms with E-state index in [2.05, 4.69) is 0 Å². The predicted octanol–water partition coefficient (Wildman–Crippen LogP) is 0.522. The van der Waals surface area contributed by atoms with Crippen LogP contribution in [-0.4, -0.2) is 29.6 Å². The number of nitrogens with zero attached hydrogens (tertiary/aromatic N) is 1. The minimum atomic E-state index is 0. The second kappa shape index (κ2) is 8.88. The molecule has 0 N–H and O–H groups in total. The average Bonchev–Trinajstić information content (AvgIpc) is 0.918.